The number of benzene rings is 1. The number of nitrogen functional groups attached to an aromatic ring is 1. The monoisotopic (exact) mass is 401 g/mol. The number of nitrogens with zero attached hydrogens (tertiary/aromatic N) is 1. The van der Waals surface area contributed by atoms with Crippen molar-refractivity contribution in [2.45, 2.75) is 6.92 Å². The molecule has 21 heavy (non-hydrogen) atoms. The zero-order valence-electron chi connectivity index (χ0n) is 11.2. The standard InChI is InChI=1S/C14H13FIN3O2/c1-2-21-14(20)9-7-18-13(17)6-12(9)19-11-4-3-8(16)5-10(11)15/h3-7H,2H2,1H3,(H3,17,18,19). The molecule has 5 nitrogen and oxygen atoms in total. The van der Waals surface area contributed by atoms with Crippen LogP contribution < -0.4 is 11.1 Å². The van der Waals surface area contributed by atoms with Crippen LogP contribution in [0.25, 0.3) is 0 Å². The molecule has 1 heterocycles. The van der Waals surface area contributed by atoms with E-state index in [0.717, 1.165) is 3.57 Å². The van der Waals surface area contributed by atoms with Gasteiger partial charge in [0.05, 0.1) is 18.0 Å². The van der Waals surface area contributed by atoms with Crippen LogP contribution >= 0.6 is 22.6 Å². The van der Waals surface area contributed by atoms with Crippen LogP contribution in [0.15, 0.2) is 30.5 Å². The predicted octanol–water partition coefficient (Wildman–Crippen LogP) is 3.33. The minimum Gasteiger partial charge on any atom is -0.462 e. The third kappa shape index (κ3) is 3.81. The van der Waals surface area contributed by atoms with Crippen molar-refractivity contribution in [3.63, 3.8) is 0 Å². The summed E-state index contributed by atoms with van der Waals surface area (Å²) in [5, 5.41) is 2.85. The number of esters is 1. The van der Waals surface area contributed by atoms with E-state index >= 15 is 0 Å². The van der Waals surface area contributed by atoms with Gasteiger partial charge in [-0.15, -0.1) is 0 Å². The Labute approximate surface area is 134 Å². The van der Waals surface area contributed by atoms with Crippen LogP contribution in [0.3, 0.4) is 0 Å². The van der Waals surface area contributed by atoms with Gasteiger partial charge in [0.2, 0.25) is 0 Å². The van der Waals surface area contributed by atoms with Crippen molar-refractivity contribution in [2.75, 3.05) is 17.7 Å². The van der Waals surface area contributed by atoms with Crippen molar-refractivity contribution < 1.29 is 13.9 Å². The molecule has 0 bridgehead atoms. The topological polar surface area (TPSA) is 77.2 Å². The lowest BCUT2D eigenvalue weighted by Gasteiger charge is -2.12. The number of ether oxygens (including phenoxy) is 1. The first-order valence-corrected chi connectivity index (χ1v) is 7.24. The number of nitrogens with one attached hydrogen (secondary N) is 1. The Morgan fingerprint density at radius 3 is 2.86 bits per heavy atom. The third-order valence-electron chi connectivity index (χ3n) is 2.62. The van der Waals surface area contributed by atoms with Gasteiger partial charge in [0.1, 0.15) is 17.2 Å². The third-order valence-corrected chi connectivity index (χ3v) is 3.29. The average molecular weight is 401 g/mol. The van der Waals surface area contributed by atoms with Crippen molar-refractivity contribution in [1.82, 2.24) is 4.98 Å². The molecular formula is C14H13FIN3O2. The van der Waals surface area contributed by atoms with E-state index in [0.29, 0.717) is 5.69 Å². The second-order valence-electron chi connectivity index (χ2n) is 4.12. The Bertz CT molecular complexity index is 679. The van der Waals surface area contributed by atoms with Gasteiger partial charge in [0.25, 0.3) is 0 Å². The van der Waals surface area contributed by atoms with Gasteiger partial charge in [0.15, 0.2) is 0 Å². The highest BCUT2D eigenvalue weighted by Crippen LogP contribution is 2.25. The number of hydrogen-bond acceptors (Lipinski definition) is 5. The number of halogens is 2. The van der Waals surface area contributed by atoms with Crippen LogP contribution in [0.2, 0.25) is 0 Å². The molecule has 0 spiro atoms. The lowest BCUT2D eigenvalue weighted by atomic mass is 10.2. The highest BCUT2D eigenvalue weighted by Gasteiger charge is 2.15. The van der Waals surface area contributed by atoms with Crippen LogP contribution in [0.4, 0.5) is 21.6 Å². The number of hydrogen-bond donors (Lipinski definition) is 2. The number of nitrogens with two attached hydrogens (primary N) is 1. The lowest BCUT2D eigenvalue weighted by molar-refractivity contribution is 0.0527. The van der Waals surface area contributed by atoms with Gasteiger partial charge in [-0.05, 0) is 47.7 Å². The Balaban J connectivity index is 2.38. The molecule has 0 radical (unpaired) electrons. The molecule has 0 fully saturated rings. The Hall–Kier alpha value is -1.90. The molecule has 1 aromatic heterocycles. The largest absolute Gasteiger partial charge is 0.462 e. The molecule has 0 unspecified atom stereocenters. The Morgan fingerprint density at radius 2 is 2.19 bits per heavy atom. The van der Waals surface area contributed by atoms with Crippen molar-refractivity contribution >= 4 is 45.8 Å². The van der Waals surface area contributed by atoms with Gasteiger partial charge in [-0.1, -0.05) is 0 Å². The van der Waals surface area contributed by atoms with Gasteiger partial charge >= 0.3 is 5.97 Å². The zero-order chi connectivity index (χ0) is 15.4. The van der Waals surface area contributed by atoms with E-state index < -0.39 is 11.8 Å². The minimum absolute atomic E-state index is 0.198. The summed E-state index contributed by atoms with van der Waals surface area (Å²) in [6.07, 6.45) is 1.31. The molecule has 0 saturated heterocycles. The van der Waals surface area contributed by atoms with E-state index in [1.54, 1.807) is 19.1 Å². The molecule has 0 amide bonds. The maximum Gasteiger partial charge on any atom is 0.341 e. The maximum absolute atomic E-state index is 13.9. The summed E-state index contributed by atoms with van der Waals surface area (Å²) in [6.45, 7) is 1.94. The fourth-order valence-corrected chi connectivity index (χ4v) is 2.14. The van der Waals surface area contributed by atoms with E-state index in [1.807, 2.05) is 22.6 Å². The van der Waals surface area contributed by atoms with Gasteiger partial charge in [0, 0.05) is 15.8 Å². The zero-order valence-corrected chi connectivity index (χ0v) is 13.3. The first kappa shape index (κ1) is 15.5. The van der Waals surface area contributed by atoms with Crippen molar-refractivity contribution in [1.29, 1.82) is 0 Å². The number of carbonyl (C=O) groups is 1. The molecule has 0 aliphatic carbocycles. The molecule has 110 valence electrons. The van der Waals surface area contributed by atoms with Crippen molar-refractivity contribution in [2.24, 2.45) is 0 Å². The Morgan fingerprint density at radius 1 is 1.43 bits per heavy atom. The molecule has 0 atom stereocenters. The summed E-state index contributed by atoms with van der Waals surface area (Å²) in [4.78, 5) is 15.7. The van der Waals surface area contributed by atoms with Gasteiger partial charge < -0.3 is 15.8 Å². The Kier molecular flexibility index (Phi) is 4.94. The fraction of sp³-hybridized carbons (Fsp3) is 0.143. The number of rotatable bonds is 4. The number of pyridine rings is 1. The molecule has 7 heteroatoms. The van der Waals surface area contributed by atoms with Gasteiger partial charge in [-0.25, -0.2) is 14.2 Å². The highest BCUT2D eigenvalue weighted by atomic mass is 127. The molecule has 2 rings (SSSR count). The summed E-state index contributed by atoms with van der Waals surface area (Å²) >= 11 is 2.01. The highest BCUT2D eigenvalue weighted by molar-refractivity contribution is 14.1. The quantitative estimate of drug-likeness (QED) is 0.607. The van der Waals surface area contributed by atoms with E-state index in [1.165, 1.54) is 18.3 Å². The number of anilines is 3. The summed E-state index contributed by atoms with van der Waals surface area (Å²) in [7, 11) is 0. The number of carbonyl (C=O) groups excluding carboxylic acids is 1. The van der Waals surface area contributed by atoms with Crippen molar-refractivity contribution in [3.05, 3.63) is 45.4 Å². The van der Waals surface area contributed by atoms with Crippen LogP contribution in [-0.2, 0) is 4.74 Å². The fourth-order valence-electron chi connectivity index (χ4n) is 1.68. The van der Waals surface area contributed by atoms with Crippen LogP contribution in [0.1, 0.15) is 17.3 Å². The van der Waals surface area contributed by atoms with Crippen LogP contribution in [0, 0.1) is 9.39 Å². The molecule has 0 aliphatic rings. The molecular weight excluding hydrogens is 388 g/mol. The summed E-state index contributed by atoms with van der Waals surface area (Å²) in [6, 6.07) is 6.18. The SMILES string of the molecule is CCOC(=O)c1cnc(N)cc1Nc1ccc(I)cc1F. The smallest absolute Gasteiger partial charge is 0.341 e. The summed E-state index contributed by atoms with van der Waals surface area (Å²) in [5.41, 5.74) is 6.41. The first-order valence-electron chi connectivity index (χ1n) is 6.16. The van der Waals surface area contributed by atoms with Crippen molar-refractivity contribution in [3.8, 4) is 0 Å². The normalized spacial score (nSPS) is 10.2. The molecule has 0 saturated carbocycles. The molecule has 3 N–H and O–H groups in total. The van der Waals surface area contributed by atoms with Crippen LogP contribution in [0.5, 0.6) is 0 Å². The molecule has 2 aromatic rings. The van der Waals surface area contributed by atoms with Crippen LogP contribution in [-0.4, -0.2) is 17.6 Å². The summed E-state index contributed by atoms with van der Waals surface area (Å²) in [5.74, 6) is -0.748. The van der Waals surface area contributed by atoms with E-state index in [4.69, 9.17) is 10.5 Å². The van der Waals surface area contributed by atoms with Gasteiger partial charge in [-0.3, -0.25) is 0 Å². The second-order valence-corrected chi connectivity index (χ2v) is 5.37. The van der Waals surface area contributed by atoms with E-state index in [-0.39, 0.29) is 23.7 Å². The first-order chi connectivity index (χ1) is 10.0. The summed E-state index contributed by atoms with van der Waals surface area (Å²) < 4.78 is 19.6. The van der Waals surface area contributed by atoms with E-state index in [9.17, 15) is 9.18 Å². The molecule has 1 aromatic carbocycles. The van der Waals surface area contributed by atoms with E-state index in [2.05, 4.69) is 10.3 Å². The van der Waals surface area contributed by atoms with Gasteiger partial charge in [-0.2, -0.15) is 0 Å². The number of aromatic nitrogens is 1. The molecule has 0 aliphatic heterocycles. The maximum atomic E-state index is 13.9. The minimum atomic E-state index is -0.543. The predicted molar refractivity (Wildman–Crippen MR) is 87.0 cm³/mol. The lowest BCUT2D eigenvalue weighted by Crippen LogP contribution is -2.10. The second kappa shape index (κ2) is 6.70. The average Bonchev–Trinajstić information content (AvgIpc) is 2.42.